The van der Waals surface area contributed by atoms with Crippen LogP contribution in [0.15, 0.2) is 0 Å². The summed E-state index contributed by atoms with van der Waals surface area (Å²) in [6.45, 7) is 0. The molecule has 0 aromatic carbocycles. The first-order valence-corrected chi connectivity index (χ1v) is 9.31. The predicted molar refractivity (Wildman–Crippen MR) is 58.1 cm³/mol. The first kappa shape index (κ1) is 21.4. The number of hydrogen-bond acceptors (Lipinski definition) is 7. The molecule has 0 saturated carbocycles. The van der Waals surface area contributed by atoms with Gasteiger partial charge in [0.05, 0.1) is 0 Å². The molecule has 0 aromatic heterocycles. The van der Waals surface area contributed by atoms with Crippen molar-refractivity contribution in [2.45, 2.75) is 11.0 Å². The molecule has 15 heteroatoms. The van der Waals surface area contributed by atoms with E-state index in [1.807, 2.05) is 3.63 Å². The van der Waals surface area contributed by atoms with Crippen LogP contribution in [-0.2, 0) is 23.9 Å². The minimum Gasteiger partial charge on any atom is -0.188 e. The molecule has 0 saturated heterocycles. The average molecular weight is 376 g/mol. The standard InChI is InChI=1S/C2F6O5S2.C2H6S2/c3-1(4,5)14(9,10)13-15(11,12)2(6,7)8;1-3-4-2/h;1-2H3. The third-order valence-corrected chi connectivity index (χ3v) is 4.81. The van der Waals surface area contributed by atoms with Gasteiger partial charge < -0.3 is 0 Å². The Hall–Kier alpha value is 0.140. The Labute approximate surface area is 112 Å². The van der Waals surface area contributed by atoms with Crippen molar-refractivity contribution in [3.8, 4) is 0 Å². The van der Waals surface area contributed by atoms with E-state index in [0.29, 0.717) is 0 Å². The maximum atomic E-state index is 11.4. The van der Waals surface area contributed by atoms with Gasteiger partial charge in [0.25, 0.3) is 0 Å². The van der Waals surface area contributed by atoms with Crippen LogP contribution in [0.3, 0.4) is 0 Å². The van der Waals surface area contributed by atoms with Crippen LogP contribution in [0.4, 0.5) is 26.3 Å². The van der Waals surface area contributed by atoms with Gasteiger partial charge in [-0.25, -0.2) is 0 Å². The maximum Gasteiger partial charge on any atom is 0.524 e. The van der Waals surface area contributed by atoms with Gasteiger partial charge in [0.2, 0.25) is 0 Å². The van der Waals surface area contributed by atoms with Crippen molar-refractivity contribution >= 4 is 41.8 Å². The predicted octanol–water partition coefficient (Wildman–Crippen LogP) is 2.33. The SMILES string of the molecule is CSSC.O=S(=O)(OS(=O)(=O)C(F)(F)F)C(F)(F)F. The summed E-state index contributed by atoms with van der Waals surface area (Å²) in [5.74, 6) is 0. The van der Waals surface area contributed by atoms with Gasteiger partial charge in [0.1, 0.15) is 0 Å². The highest BCUT2D eigenvalue weighted by Crippen LogP contribution is 2.32. The minimum absolute atomic E-state index is 1.77. The molecule has 0 aliphatic rings. The summed E-state index contributed by atoms with van der Waals surface area (Å²) in [5, 5.41) is 0. The van der Waals surface area contributed by atoms with Crippen molar-refractivity contribution in [3.63, 3.8) is 0 Å². The molecule has 0 atom stereocenters. The first-order chi connectivity index (χ1) is 8.12. The Balaban J connectivity index is 0. The molecule has 0 aliphatic heterocycles. The van der Waals surface area contributed by atoms with E-state index >= 15 is 0 Å². The van der Waals surface area contributed by atoms with E-state index < -0.39 is 31.3 Å². The van der Waals surface area contributed by atoms with Gasteiger partial charge in [-0.2, -0.15) is 43.2 Å². The summed E-state index contributed by atoms with van der Waals surface area (Å²) in [6, 6.07) is 0. The van der Waals surface area contributed by atoms with Crippen LogP contribution in [0.1, 0.15) is 0 Å². The molecule has 0 rings (SSSR count). The Morgan fingerprint density at radius 2 is 0.947 bits per heavy atom. The molecular weight excluding hydrogens is 370 g/mol. The zero-order chi connectivity index (χ0) is 16.1. The first-order valence-electron chi connectivity index (χ1n) is 3.53. The van der Waals surface area contributed by atoms with E-state index in [1.54, 1.807) is 21.6 Å². The maximum absolute atomic E-state index is 11.4. The van der Waals surface area contributed by atoms with E-state index in [0.717, 1.165) is 0 Å². The van der Waals surface area contributed by atoms with E-state index in [4.69, 9.17) is 0 Å². The zero-order valence-corrected chi connectivity index (χ0v) is 12.2. The fraction of sp³-hybridized carbons (Fsp3) is 1.00. The van der Waals surface area contributed by atoms with Gasteiger partial charge >= 0.3 is 31.3 Å². The van der Waals surface area contributed by atoms with Crippen molar-refractivity contribution < 1.29 is 46.8 Å². The fourth-order valence-corrected chi connectivity index (χ4v) is 1.76. The fourth-order valence-electron chi connectivity index (χ4n) is 0.195. The topological polar surface area (TPSA) is 77.5 Å². The van der Waals surface area contributed by atoms with Crippen molar-refractivity contribution in [1.82, 2.24) is 0 Å². The highest BCUT2D eigenvalue weighted by molar-refractivity contribution is 8.76. The van der Waals surface area contributed by atoms with E-state index in [9.17, 15) is 43.2 Å². The lowest BCUT2D eigenvalue weighted by Gasteiger charge is -2.09. The molecule has 5 nitrogen and oxygen atoms in total. The van der Waals surface area contributed by atoms with Crippen LogP contribution in [0.2, 0.25) is 0 Å². The molecule has 0 aliphatic carbocycles. The Morgan fingerprint density at radius 3 is 1.05 bits per heavy atom. The Kier molecular flexibility index (Phi) is 8.16. The van der Waals surface area contributed by atoms with Gasteiger partial charge in [-0.15, -0.1) is 3.63 Å². The molecule has 118 valence electrons. The lowest BCUT2D eigenvalue weighted by Crippen LogP contribution is -2.34. The summed E-state index contributed by atoms with van der Waals surface area (Å²) in [7, 11) is -10.1. The molecule has 0 aromatic rings. The van der Waals surface area contributed by atoms with Crippen molar-refractivity contribution in [3.05, 3.63) is 0 Å². The van der Waals surface area contributed by atoms with E-state index in [1.165, 1.54) is 0 Å². The summed E-state index contributed by atoms with van der Waals surface area (Å²) >= 11 is 0. The third kappa shape index (κ3) is 7.48. The minimum atomic E-state index is -6.85. The molecule has 0 heterocycles. The molecule has 0 N–H and O–H groups in total. The molecular formula is C4H6F6O5S4. The molecule has 0 unspecified atom stereocenters. The molecule has 0 fully saturated rings. The number of halogens is 6. The van der Waals surface area contributed by atoms with Crippen molar-refractivity contribution in [1.29, 1.82) is 0 Å². The second-order valence-electron chi connectivity index (χ2n) is 2.20. The molecule has 0 amide bonds. The van der Waals surface area contributed by atoms with Crippen LogP contribution < -0.4 is 0 Å². The largest absolute Gasteiger partial charge is 0.524 e. The van der Waals surface area contributed by atoms with Crippen molar-refractivity contribution in [2.75, 3.05) is 12.5 Å². The highest BCUT2D eigenvalue weighted by Gasteiger charge is 2.57. The van der Waals surface area contributed by atoms with E-state index in [2.05, 4.69) is 12.5 Å². The van der Waals surface area contributed by atoms with Gasteiger partial charge in [-0.1, -0.05) is 21.6 Å². The molecule has 19 heavy (non-hydrogen) atoms. The van der Waals surface area contributed by atoms with Crippen LogP contribution in [0.5, 0.6) is 0 Å². The summed E-state index contributed by atoms with van der Waals surface area (Å²) in [5.41, 5.74) is -12.5. The Bertz CT molecular complexity index is 417. The van der Waals surface area contributed by atoms with Gasteiger partial charge in [-0.05, 0) is 12.5 Å². The smallest absolute Gasteiger partial charge is 0.188 e. The number of hydrogen-bond donors (Lipinski definition) is 0. The van der Waals surface area contributed by atoms with E-state index in [-0.39, 0.29) is 0 Å². The second kappa shape index (κ2) is 7.24. The number of rotatable bonds is 3. The van der Waals surface area contributed by atoms with Crippen LogP contribution >= 0.6 is 21.6 Å². The van der Waals surface area contributed by atoms with Gasteiger partial charge in [0, 0.05) is 0 Å². The van der Waals surface area contributed by atoms with Crippen LogP contribution in [0.25, 0.3) is 0 Å². The summed E-state index contributed by atoms with van der Waals surface area (Å²) < 4.78 is 110. The summed E-state index contributed by atoms with van der Waals surface area (Å²) in [6.07, 6.45) is 4.12. The lowest BCUT2D eigenvalue weighted by molar-refractivity contribution is -0.0585. The molecule has 0 spiro atoms. The third-order valence-electron chi connectivity index (χ3n) is 0.913. The normalized spacial score (nSPS) is 13.7. The second-order valence-corrected chi connectivity index (χ2v) is 8.15. The zero-order valence-electron chi connectivity index (χ0n) is 8.94. The quantitative estimate of drug-likeness (QED) is 0.425. The van der Waals surface area contributed by atoms with Gasteiger partial charge in [0.15, 0.2) is 0 Å². The monoisotopic (exact) mass is 376 g/mol. The highest BCUT2D eigenvalue weighted by atomic mass is 33.1. The summed E-state index contributed by atoms with van der Waals surface area (Å²) in [4.78, 5) is 0. The Morgan fingerprint density at radius 1 is 0.737 bits per heavy atom. The van der Waals surface area contributed by atoms with Crippen LogP contribution in [0, 0.1) is 0 Å². The van der Waals surface area contributed by atoms with Gasteiger partial charge in [-0.3, -0.25) is 0 Å². The molecule has 0 radical (unpaired) electrons. The van der Waals surface area contributed by atoms with Crippen molar-refractivity contribution in [2.24, 2.45) is 0 Å². The average Bonchev–Trinajstić information content (AvgIpc) is 2.13. The lowest BCUT2D eigenvalue weighted by atomic mass is 11.6. The number of alkyl halides is 6. The molecule has 0 bridgehead atoms. The van der Waals surface area contributed by atoms with Crippen LogP contribution in [-0.4, -0.2) is 40.4 Å².